The molecule has 0 saturated heterocycles. The van der Waals surface area contributed by atoms with E-state index < -0.39 is 6.10 Å². The zero-order valence-electron chi connectivity index (χ0n) is 18.9. The van der Waals surface area contributed by atoms with E-state index in [0.717, 1.165) is 6.42 Å². The second kappa shape index (κ2) is 19.3. The first-order chi connectivity index (χ1) is 13.1. The van der Waals surface area contributed by atoms with Crippen LogP contribution in [0.3, 0.4) is 0 Å². The van der Waals surface area contributed by atoms with Gasteiger partial charge in [0.2, 0.25) is 0 Å². The SMILES string of the molecule is C/C=C(\C=C/CC)C(C)NCC(O)CNC(C)c1ccccc1.CC.CC. The highest BCUT2D eigenvalue weighted by Crippen LogP contribution is 2.10. The van der Waals surface area contributed by atoms with Crippen molar-refractivity contribution in [3.63, 3.8) is 0 Å². The van der Waals surface area contributed by atoms with Crippen LogP contribution in [0.1, 0.15) is 73.4 Å². The zero-order chi connectivity index (χ0) is 21.1. The number of hydrogen-bond donors (Lipinski definition) is 3. The van der Waals surface area contributed by atoms with Crippen molar-refractivity contribution in [1.82, 2.24) is 10.6 Å². The number of rotatable bonds is 10. The molecule has 0 aliphatic carbocycles. The molecule has 0 radical (unpaired) electrons. The Labute approximate surface area is 169 Å². The van der Waals surface area contributed by atoms with E-state index in [1.54, 1.807) is 0 Å². The summed E-state index contributed by atoms with van der Waals surface area (Å²) in [5, 5.41) is 16.9. The molecule has 0 fully saturated rings. The predicted octanol–water partition coefficient (Wildman–Crippen LogP) is 5.64. The van der Waals surface area contributed by atoms with Gasteiger partial charge in [0.1, 0.15) is 0 Å². The highest BCUT2D eigenvalue weighted by atomic mass is 16.3. The molecule has 1 rings (SSSR count). The Morgan fingerprint density at radius 1 is 1.00 bits per heavy atom. The van der Waals surface area contributed by atoms with E-state index in [-0.39, 0.29) is 12.1 Å². The lowest BCUT2D eigenvalue weighted by Gasteiger charge is -2.20. The minimum Gasteiger partial charge on any atom is -0.390 e. The number of aliphatic hydroxyl groups excluding tert-OH is 1. The Morgan fingerprint density at radius 3 is 2.07 bits per heavy atom. The third-order valence-corrected chi connectivity index (χ3v) is 4.00. The number of benzene rings is 1. The number of aliphatic hydroxyl groups is 1. The third-order valence-electron chi connectivity index (χ3n) is 4.00. The van der Waals surface area contributed by atoms with Gasteiger partial charge in [0, 0.05) is 25.2 Å². The molecule has 0 amide bonds. The molecular formula is C24H44N2O. The van der Waals surface area contributed by atoms with Gasteiger partial charge in [-0.15, -0.1) is 0 Å². The van der Waals surface area contributed by atoms with Gasteiger partial charge in [0.15, 0.2) is 0 Å². The second-order valence-electron chi connectivity index (χ2n) is 5.92. The van der Waals surface area contributed by atoms with Crippen LogP contribution in [0.5, 0.6) is 0 Å². The molecule has 3 unspecified atom stereocenters. The van der Waals surface area contributed by atoms with Crippen LogP contribution in [-0.4, -0.2) is 30.3 Å². The molecule has 0 aliphatic heterocycles. The summed E-state index contributed by atoms with van der Waals surface area (Å²) < 4.78 is 0. The second-order valence-corrected chi connectivity index (χ2v) is 5.92. The quantitative estimate of drug-likeness (QED) is 0.463. The van der Waals surface area contributed by atoms with Crippen molar-refractivity contribution in [1.29, 1.82) is 0 Å². The van der Waals surface area contributed by atoms with Crippen molar-refractivity contribution < 1.29 is 5.11 Å². The first kappa shape index (κ1) is 27.8. The van der Waals surface area contributed by atoms with Gasteiger partial charge in [-0.25, -0.2) is 0 Å². The summed E-state index contributed by atoms with van der Waals surface area (Å²) in [5.74, 6) is 0. The highest BCUT2D eigenvalue weighted by Gasteiger charge is 2.11. The summed E-state index contributed by atoms with van der Waals surface area (Å²) in [7, 11) is 0. The van der Waals surface area contributed by atoms with Crippen molar-refractivity contribution in [3.05, 3.63) is 59.7 Å². The van der Waals surface area contributed by atoms with Crippen LogP contribution in [0.4, 0.5) is 0 Å². The van der Waals surface area contributed by atoms with Gasteiger partial charge in [-0.05, 0) is 38.3 Å². The molecule has 0 bridgehead atoms. The number of allylic oxidation sites excluding steroid dienone is 2. The Bertz CT molecular complexity index is 482. The average molecular weight is 377 g/mol. The maximum Gasteiger partial charge on any atom is 0.0789 e. The normalized spacial score (nSPS) is 14.5. The Balaban J connectivity index is 0. The summed E-state index contributed by atoms with van der Waals surface area (Å²) in [6, 6.07) is 10.8. The van der Waals surface area contributed by atoms with Crippen LogP contribution in [-0.2, 0) is 0 Å². The standard InChI is InChI=1S/C20H32N2O.2C2H6/c1-5-7-11-18(6-2)16(3)21-14-20(23)15-22-17(4)19-12-9-8-10-13-19;2*1-2/h6-13,16-17,20-23H,5,14-15H2,1-4H3;2*1-2H3/b11-7-,18-6+;;. The van der Waals surface area contributed by atoms with Crippen molar-refractivity contribution >= 4 is 0 Å². The summed E-state index contributed by atoms with van der Waals surface area (Å²) in [6.07, 6.45) is 7.06. The van der Waals surface area contributed by atoms with E-state index in [2.05, 4.69) is 61.8 Å². The molecule has 27 heavy (non-hydrogen) atoms. The van der Waals surface area contributed by atoms with Crippen LogP contribution in [0, 0.1) is 0 Å². The molecule has 0 spiro atoms. The van der Waals surface area contributed by atoms with Gasteiger partial charge in [-0.2, -0.15) is 0 Å². The van der Waals surface area contributed by atoms with Crippen LogP contribution in [0.25, 0.3) is 0 Å². The van der Waals surface area contributed by atoms with Gasteiger partial charge in [-0.1, -0.05) is 83.2 Å². The third kappa shape index (κ3) is 13.4. The zero-order valence-corrected chi connectivity index (χ0v) is 18.9. The van der Waals surface area contributed by atoms with Crippen LogP contribution >= 0.6 is 0 Å². The fraction of sp³-hybridized carbons (Fsp3) is 0.583. The first-order valence-electron chi connectivity index (χ1n) is 10.6. The Kier molecular flexibility index (Phi) is 19.9. The minimum absolute atomic E-state index is 0.238. The van der Waals surface area contributed by atoms with Crippen molar-refractivity contribution in [2.45, 2.75) is 80.0 Å². The molecule has 3 nitrogen and oxygen atoms in total. The van der Waals surface area contributed by atoms with Gasteiger partial charge >= 0.3 is 0 Å². The molecule has 0 aliphatic rings. The van der Waals surface area contributed by atoms with Gasteiger partial charge in [0.05, 0.1) is 6.10 Å². The number of hydrogen-bond acceptors (Lipinski definition) is 3. The van der Waals surface area contributed by atoms with E-state index in [1.165, 1.54) is 11.1 Å². The lowest BCUT2D eigenvalue weighted by molar-refractivity contribution is 0.163. The van der Waals surface area contributed by atoms with Crippen molar-refractivity contribution in [2.24, 2.45) is 0 Å². The molecule has 0 aromatic heterocycles. The highest BCUT2D eigenvalue weighted by molar-refractivity contribution is 5.23. The van der Waals surface area contributed by atoms with Crippen LogP contribution in [0.2, 0.25) is 0 Å². The first-order valence-corrected chi connectivity index (χ1v) is 10.6. The molecule has 1 aromatic carbocycles. The fourth-order valence-corrected chi connectivity index (χ4v) is 2.42. The lowest BCUT2D eigenvalue weighted by atomic mass is 10.1. The summed E-state index contributed by atoms with van der Waals surface area (Å²) in [4.78, 5) is 0. The molecule has 3 heteroatoms. The average Bonchev–Trinajstić information content (AvgIpc) is 2.74. The van der Waals surface area contributed by atoms with E-state index in [4.69, 9.17) is 0 Å². The Hall–Kier alpha value is -1.42. The van der Waals surface area contributed by atoms with Crippen molar-refractivity contribution in [3.8, 4) is 0 Å². The largest absolute Gasteiger partial charge is 0.390 e. The van der Waals surface area contributed by atoms with Crippen LogP contribution in [0.15, 0.2) is 54.1 Å². The van der Waals surface area contributed by atoms with E-state index in [1.807, 2.05) is 52.8 Å². The van der Waals surface area contributed by atoms with Crippen molar-refractivity contribution in [2.75, 3.05) is 13.1 Å². The predicted molar refractivity (Wildman–Crippen MR) is 122 cm³/mol. The minimum atomic E-state index is -0.406. The Morgan fingerprint density at radius 2 is 1.56 bits per heavy atom. The lowest BCUT2D eigenvalue weighted by Crippen LogP contribution is -2.40. The molecule has 3 N–H and O–H groups in total. The maximum absolute atomic E-state index is 10.2. The van der Waals surface area contributed by atoms with Gasteiger partial charge in [0.25, 0.3) is 0 Å². The fourth-order valence-electron chi connectivity index (χ4n) is 2.42. The smallest absolute Gasteiger partial charge is 0.0789 e. The molecular weight excluding hydrogens is 332 g/mol. The van der Waals surface area contributed by atoms with Crippen LogP contribution < -0.4 is 10.6 Å². The summed E-state index contributed by atoms with van der Waals surface area (Å²) in [6.45, 7) is 17.6. The molecule has 0 saturated carbocycles. The molecule has 3 atom stereocenters. The molecule has 156 valence electrons. The van der Waals surface area contributed by atoms with E-state index in [9.17, 15) is 5.11 Å². The van der Waals surface area contributed by atoms with Gasteiger partial charge < -0.3 is 15.7 Å². The maximum atomic E-state index is 10.2. The summed E-state index contributed by atoms with van der Waals surface area (Å²) in [5.41, 5.74) is 2.49. The summed E-state index contributed by atoms with van der Waals surface area (Å²) >= 11 is 0. The van der Waals surface area contributed by atoms with E-state index in [0.29, 0.717) is 13.1 Å². The van der Waals surface area contributed by atoms with Gasteiger partial charge in [-0.3, -0.25) is 0 Å². The topological polar surface area (TPSA) is 44.3 Å². The molecule has 1 aromatic rings. The number of nitrogens with one attached hydrogen (secondary N) is 2. The van der Waals surface area contributed by atoms with E-state index >= 15 is 0 Å². The monoisotopic (exact) mass is 376 g/mol. The molecule has 0 heterocycles.